The van der Waals surface area contributed by atoms with Crippen LogP contribution < -0.4 is 11.1 Å². The minimum atomic E-state index is -0.301. The topological polar surface area (TPSA) is 81.4 Å². The van der Waals surface area contributed by atoms with Crippen molar-refractivity contribution in [3.63, 3.8) is 0 Å². The molecule has 2 atom stereocenters. The van der Waals surface area contributed by atoms with Crippen molar-refractivity contribution in [2.45, 2.75) is 37.8 Å². The molecule has 0 aliphatic carbocycles. The lowest BCUT2D eigenvalue weighted by Gasteiger charge is -2.14. The number of hydrogen-bond acceptors (Lipinski definition) is 4. The van der Waals surface area contributed by atoms with Crippen LogP contribution in [0.15, 0.2) is 25.3 Å². The van der Waals surface area contributed by atoms with E-state index in [2.05, 4.69) is 23.2 Å². The molecule has 0 aromatic carbocycles. The van der Waals surface area contributed by atoms with Gasteiger partial charge in [-0.15, -0.1) is 13.2 Å². The van der Waals surface area contributed by atoms with Crippen LogP contribution in [-0.2, 0) is 14.3 Å². The lowest BCUT2D eigenvalue weighted by molar-refractivity contribution is -0.141. The van der Waals surface area contributed by atoms with Gasteiger partial charge < -0.3 is 15.8 Å². The number of esters is 1. The fraction of sp³-hybridized carbons (Fsp3) is 0.538. The smallest absolute Gasteiger partial charge is 0.305 e. The largest absolute Gasteiger partial charge is 0.469 e. The SMILES string of the molecule is C=CC(N)CCC(=O)NC(C=C)CCC(=O)OC. The molecule has 3 N–H and O–H groups in total. The van der Waals surface area contributed by atoms with Gasteiger partial charge in [0.15, 0.2) is 0 Å². The van der Waals surface area contributed by atoms with Crippen LogP contribution in [0.1, 0.15) is 25.7 Å². The number of nitrogens with one attached hydrogen (secondary N) is 1. The van der Waals surface area contributed by atoms with Gasteiger partial charge in [0.1, 0.15) is 0 Å². The number of ether oxygens (including phenoxy) is 1. The van der Waals surface area contributed by atoms with E-state index in [0.29, 0.717) is 19.3 Å². The van der Waals surface area contributed by atoms with E-state index in [1.54, 1.807) is 12.2 Å². The van der Waals surface area contributed by atoms with Crippen LogP contribution in [0.5, 0.6) is 0 Å². The molecule has 0 spiro atoms. The highest BCUT2D eigenvalue weighted by atomic mass is 16.5. The number of carbonyl (C=O) groups excluding carboxylic acids is 2. The van der Waals surface area contributed by atoms with Crippen molar-refractivity contribution < 1.29 is 14.3 Å². The number of amides is 1. The Balaban J connectivity index is 3.96. The summed E-state index contributed by atoms with van der Waals surface area (Å²) in [5.74, 6) is -0.410. The number of nitrogens with two attached hydrogens (primary N) is 1. The maximum absolute atomic E-state index is 11.6. The van der Waals surface area contributed by atoms with E-state index in [1.165, 1.54) is 7.11 Å². The van der Waals surface area contributed by atoms with Crippen molar-refractivity contribution in [1.82, 2.24) is 5.32 Å². The zero-order valence-corrected chi connectivity index (χ0v) is 10.9. The molecule has 0 saturated heterocycles. The summed E-state index contributed by atoms with van der Waals surface area (Å²) in [6.07, 6.45) is 4.82. The second kappa shape index (κ2) is 9.41. The number of rotatable bonds is 9. The van der Waals surface area contributed by atoms with Crippen molar-refractivity contribution in [2.75, 3.05) is 7.11 Å². The highest BCUT2D eigenvalue weighted by Gasteiger charge is 2.11. The molecule has 18 heavy (non-hydrogen) atoms. The molecule has 0 aromatic rings. The summed E-state index contributed by atoms with van der Waals surface area (Å²) in [6.45, 7) is 7.17. The maximum Gasteiger partial charge on any atom is 0.305 e. The highest BCUT2D eigenvalue weighted by Crippen LogP contribution is 2.02. The Bertz CT molecular complexity index is 303. The Hall–Kier alpha value is -1.62. The van der Waals surface area contributed by atoms with Gasteiger partial charge in [-0.3, -0.25) is 9.59 Å². The second-order valence-electron chi connectivity index (χ2n) is 3.96. The summed E-state index contributed by atoms with van der Waals surface area (Å²) in [6, 6.07) is -0.399. The summed E-state index contributed by atoms with van der Waals surface area (Å²) in [5.41, 5.74) is 5.62. The van der Waals surface area contributed by atoms with Crippen molar-refractivity contribution >= 4 is 11.9 Å². The van der Waals surface area contributed by atoms with Gasteiger partial charge in [0, 0.05) is 24.9 Å². The standard InChI is InChI=1S/C13H22N2O3/c1-4-10(14)6-8-12(16)15-11(5-2)7-9-13(17)18-3/h4-5,10-11H,1-2,6-9,14H2,3H3,(H,15,16). The first-order valence-corrected chi connectivity index (χ1v) is 5.90. The maximum atomic E-state index is 11.6. The third-order valence-electron chi connectivity index (χ3n) is 2.53. The van der Waals surface area contributed by atoms with Gasteiger partial charge in [-0.05, 0) is 12.8 Å². The van der Waals surface area contributed by atoms with Gasteiger partial charge in [-0.1, -0.05) is 12.2 Å². The van der Waals surface area contributed by atoms with Gasteiger partial charge in [-0.25, -0.2) is 0 Å². The summed E-state index contributed by atoms with van der Waals surface area (Å²) >= 11 is 0. The average Bonchev–Trinajstić information content (AvgIpc) is 2.39. The van der Waals surface area contributed by atoms with Gasteiger partial charge >= 0.3 is 5.97 Å². The van der Waals surface area contributed by atoms with E-state index >= 15 is 0 Å². The summed E-state index contributed by atoms with van der Waals surface area (Å²) in [5, 5.41) is 2.77. The van der Waals surface area contributed by atoms with Gasteiger partial charge in [0.25, 0.3) is 0 Å². The Kier molecular flexibility index (Phi) is 8.57. The van der Waals surface area contributed by atoms with Crippen LogP contribution in [0.4, 0.5) is 0 Å². The molecule has 0 radical (unpaired) electrons. The first kappa shape index (κ1) is 16.4. The number of methoxy groups -OCH3 is 1. The lowest BCUT2D eigenvalue weighted by atomic mass is 10.1. The zero-order chi connectivity index (χ0) is 14.0. The van der Waals surface area contributed by atoms with E-state index < -0.39 is 0 Å². The van der Waals surface area contributed by atoms with Crippen LogP contribution >= 0.6 is 0 Å². The molecule has 5 nitrogen and oxygen atoms in total. The predicted octanol–water partition coefficient (Wildman–Crippen LogP) is 0.904. The average molecular weight is 254 g/mol. The second-order valence-corrected chi connectivity index (χ2v) is 3.96. The molecule has 5 heteroatoms. The van der Waals surface area contributed by atoms with Gasteiger partial charge in [0.2, 0.25) is 5.91 Å². The molecular weight excluding hydrogens is 232 g/mol. The van der Waals surface area contributed by atoms with Crippen molar-refractivity contribution in [3.05, 3.63) is 25.3 Å². The van der Waals surface area contributed by atoms with Gasteiger partial charge in [0.05, 0.1) is 7.11 Å². The summed E-state index contributed by atoms with van der Waals surface area (Å²) in [7, 11) is 1.33. The molecule has 0 aliphatic heterocycles. The lowest BCUT2D eigenvalue weighted by Crippen LogP contribution is -2.34. The normalized spacial score (nSPS) is 13.2. The quantitative estimate of drug-likeness (QED) is 0.473. The Morgan fingerprint density at radius 2 is 1.94 bits per heavy atom. The van der Waals surface area contributed by atoms with Crippen molar-refractivity contribution in [1.29, 1.82) is 0 Å². The molecule has 0 saturated carbocycles. The molecule has 0 heterocycles. The van der Waals surface area contributed by atoms with Crippen molar-refractivity contribution in [3.8, 4) is 0 Å². The van der Waals surface area contributed by atoms with Crippen molar-refractivity contribution in [2.24, 2.45) is 5.73 Å². The molecule has 0 aliphatic rings. The first-order chi connectivity index (χ1) is 8.53. The predicted molar refractivity (Wildman–Crippen MR) is 70.8 cm³/mol. The van der Waals surface area contributed by atoms with E-state index in [0.717, 1.165) is 0 Å². The van der Waals surface area contributed by atoms with Crippen LogP contribution in [0, 0.1) is 0 Å². The van der Waals surface area contributed by atoms with Crippen LogP contribution in [-0.4, -0.2) is 31.1 Å². The van der Waals surface area contributed by atoms with E-state index in [4.69, 9.17) is 5.73 Å². The highest BCUT2D eigenvalue weighted by molar-refractivity contribution is 5.76. The molecule has 102 valence electrons. The van der Waals surface area contributed by atoms with Crippen LogP contribution in [0.3, 0.4) is 0 Å². The number of carbonyl (C=O) groups is 2. The third kappa shape index (κ3) is 7.62. The van der Waals surface area contributed by atoms with Crippen LogP contribution in [0.2, 0.25) is 0 Å². The minimum absolute atomic E-state index is 0.109. The Morgan fingerprint density at radius 3 is 2.44 bits per heavy atom. The molecular formula is C13H22N2O3. The zero-order valence-electron chi connectivity index (χ0n) is 10.9. The fourth-order valence-corrected chi connectivity index (χ4v) is 1.32. The molecule has 2 unspecified atom stereocenters. The Morgan fingerprint density at radius 1 is 1.28 bits per heavy atom. The monoisotopic (exact) mass is 254 g/mol. The summed E-state index contributed by atoms with van der Waals surface area (Å²) in [4.78, 5) is 22.6. The van der Waals surface area contributed by atoms with E-state index in [-0.39, 0.29) is 30.4 Å². The fourth-order valence-electron chi connectivity index (χ4n) is 1.32. The molecule has 0 aromatic heterocycles. The Labute approximate surface area is 108 Å². The molecule has 1 amide bonds. The summed E-state index contributed by atoms with van der Waals surface area (Å²) < 4.78 is 4.53. The molecule has 0 bridgehead atoms. The van der Waals surface area contributed by atoms with Gasteiger partial charge in [-0.2, -0.15) is 0 Å². The molecule has 0 fully saturated rings. The minimum Gasteiger partial charge on any atom is -0.469 e. The number of hydrogen-bond donors (Lipinski definition) is 2. The molecule has 0 rings (SSSR count). The first-order valence-electron chi connectivity index (χ1n) is 5.90. The third-order valence-corrected chi connectivity index (χ3v) is 2.53. The van der Waals surface area contributed by atoms with E-state index in [9.17, 15) is 9.59 Å². The van der Waals surface area contributed by atoms with E-state index in [1.807, 2.05) is 0 Å². The van der Waals surface area contributed by atoms with Crippen LogP contribution in [0.25, 0.3) is 0 Å².